The molecular weight excluding hydrogens is 443 g/mol. The second kappa shape index (κ2) is 7.31. The highest BCUT2D eigenvalue weighted by Gasteiger charge is 2.56. The number of piperidine rings is 2. The summed E-state index contributed by atoms with van der Waals surface area (Å²) in [6, 6.07) is 5.42. The highest BCUT2D eigenvalue weighted by atomic mass is 35.5. The summed E-state index contributed by atoms with van der Waals surface area (Å²) in [5.74, 6) is -0.157. The van der Waals surface area contributed by atoms with Gasteiger partial charge in [-0.3, -0.25) is 4.79 Å². The molecule has 4 fully saturated rings. The Labute approximate surface area is 188 Å². The SMILES string of the molecule is CC(CC(=O)N1C2CC3CC1CC(C#N)(C3)C2)c1c[nH]c2ccc(OC(F)(F)F)c(Cl)c12. The zero-order chi connectivity index (χ0) is 22.8. The maximum atomic E-state index is 13.3. The molecule has 0 radical (unpaired) electrons. The molecule has 32 heavy (non-hydrogen) atoms. The topological polar surface area (TPSA) is 69.1 Å². The van der Waals surface area contributed by atoms with Crippen LogP contribution in [0.1, 0.15) is 56.9 Å². The number of amides is 1. The van der Waals surface area contributed by atoms with Crippen LogP contribution in [0.5, 0.6) is 5.75 Å². The van der Waals surface area contributed by atoms with E-state index in [1.165, 1.54) is 12.1 Å². The zero-order valence-corrected chi connectivity index (χ0v) is 18.3. The van der Waals surface area contributed by atoms with Crippen LogP contribution < -0.4 is 4.74 Å². The Bertz CT molecular complexity index is 1110. The molecule has 5 nitrogen and oxygen atoms in total. The minimum absolute atomic E-state index is 0.0348. The van der Waals surface area contributed by atoms with Crippen molar-refractivity contribution in [1.82, 2.24) is 9.88 Å². The number of ether oxygens (including phenoxy) is 1. The van der Waals surface area contributed by atoms with Crippen LogP contribution in [0.15, 0.2) is 18.3 Å². The normalized spacial score (nSPS) is 29.9. The monoisotopic (exact) mass is 465 g/mol. The predicted molar refractivity (Wildman–Crippen MR) is 112 cm³/mol. The second-order valence-corrected chi connectivity index (χ2v) is 10.0. The molecule has 3 unspecified atom stereocenters. The number of nitrogens with zero attached hydrogens (tertiary/aromatic N) is 2. The largest absolute Gasteiger partial charge is 0.573 e. The molecule has 3 heterocycles. The Morgan fingerprint density at radius 3 is 2.66 bits per heavy atom. The summed E-state index contributed by atoms with van der Waals surface area (Å²) in [5.41, 5.74) is 0.993. The van der Waals surface area contributed by atoms with Gasteiger partial charge >= 0.3 is 6.36 Å². The number of aromatic amines is 1. The van der Waals surface area contributed by atoms with Gasteiger partial charge in [-0.05, 0) is 61.6 Å². The van der Waals surface area contributed by atoms with Crippen molar-refractivity contribution in [2.24, 2.45) is 11.3 Å². The molecule has 0 spiro atoms. The molecule has 4 bridgehead atoms. The van der Waals surface area contributed by atoms with E-state index in [1.54, 1.807) is 6.20 Å². The van der Waals surface area contributed by atoms with Crippen LogP contribution in [0.25, 0.3) is 10.9 Å². The van der Waals surface area contributed by atoms with Crippen molar-refractivity contribution in [2.45, 2.75) is 69.8 Å². The summed E-state index contributed by atoms with van der Waals surface area (Å²) in [5, 5.41) is 10.0. The summed E-state index contributed by atoms with van der Waals surface area (Å²) in [6.07, 6.45) is 1.43. The summed E-state index contributed by atoms with van der Waals surface area (Å²) in [6.45, 7) is 1.88. The third kappa shape index (κ3) is 3.51. The third-order valence-corrected chi connectivity index (χ3v) is 7.85. The van der Waals surface area contributed by atoms with Gasteiger partial charge in [0.2, 0.25) is 5.91 Å². The number of rotatable bonds is 4. The summed E-state index contributed by atoms with van der Waals surface area (Å²) in [7, 11) is 0. The molecule has 1 aromatic heterocycles. The minimum Gasteiger partial charge on any atom is -0.404 e. The lowest BCUT2D eigenvalue weighted by molar-refractivity contribution is -0.274. The first-order valence-electron chi connectivity index (χ1n) is 10.9. The van der Waals surface area contributed by atoms with Gasteiger partial charge in [-0.2, -0.15) is 5.26 Å². The van der Waals surface area contributed by atoms with E-state index in [-0.39, 0.29) is 40.8 Å². The number of nitrogens with one attached hydrogen (secondary N) is 1. The first-order valence-corrected chi connectivity index (χ1v) is 11.2. The molecule has 4 aliphatic rings. The molecule has 2 aliphatic heterocycles. The van der Waals surface area contributed by atoms with E-state index in [1.807, 2.05) is 11.8 Å². The van der Waals surface area contributed by atoms with Gasteiger partial charge in [0.05, 0.1) is 16.5 Å². The van der Waals surface area contributed by atoms with E-state index in [9.17, 15) is 23.2 Å². The Kier molecular flexibility index (Phi) is 4.90. The van der Waals surface area contributed by atoms with E-state index in [0.717, 1.165) is 32.1 Å². The Morgan fingerprint density at radius 2 is 2.03 bits per heavy atom. The van der Waals surface area contributed by atoms with Crippen molar-refractivity contribution in [2.75, 3.05) is 0 Å². The first kappa shape index (κ1) is 21.4. The molecule has 170 valence electrons. The summed E-state index contributed by atoms with van der Waals surface area (Å²) < 4.78 is 42.2. The number of H-pyrrole nitrogens is 1. The number of carbonyl (C=O) groups is 1. The van der Waals surface area contributed by atoms with Crippen molar-refractivity contribution < 1.29 is 22.7 Å². The fourth-order valence-corrected chi connectivity index (χ4v) is 6.74. The van der Waals surface area contributed by atoms with E-state index in [0.29, 0.717) is 22.4 Å². The molecule has 1 N–H and O–H groups in total. The lowest BCUT2D eigenvalue weighted by atomic mass is 9.56. The number of hydrogen-bond acceptors (Lipinski definition) is 3. The standard InChI is InChI=1S/C23H23ClF3N3O2/c1-12(16-10-29-17-2-3-18(21(24)20(16)17)32-23(25,26)27)4-19(31)30-14-5-13-6-15(30)9-22(7-13,8-14)11-28/h2-3,10,12-15,29H,4-9H2,1H3. The van der Waals surface area contributed by atoms with Crippen LogP contribution in [-0.4, -0.2) is 34.2 Å². The molecule has 2 saturated carbocycles. The van der Waals surface area contributed by atoms with Gasteiger partial charge in [-0.1, -0.05) is 18.5 Å². The van der Waals surface area contributed by atoms with Crippen LogP contribution in [0.3, 0.4) is 0 Å². The maximum Gasteiger partial charge on any atom is 0.573 e. The average molecular weight is 466 g/mol. The third-order valence-electron chi connectivity index (χ3n) is 7.47. The smallest absolute Gasteiger partial charge is 0.404 e. The van der Waals surface area contributed by atoms with Crippen LogP contribution in [0.4, 0.5) is 13.2 Å². The Balaban J connectivity index is 1.38. The van der Waals surface area contributed by atoms with Gasteiger partial charge in [0, 0.05) is 35.6 Å². The second-order valence-electron chi connectivity index (χ2n) is 9.65. The van der Waals surface area contributed by atoms with Crippen LogP contribution in [-0.2, 0) is 4.79 Å². The highest BCUT2D eigenvalue weighted by Crippen LogP contribution is 2.56. The fraction of sp³-hybridized carbons (Fsp3) is 0.565. The van der Waals surface area contributed by atoms with Gasteiger partial charge in [0.25, 0.3) is 0 Å². The average Bonchev–Trinajstić information content (AvgIpc) is 3.13. The van der Waals surface area contributed by atoms with Gasteiger partial charge in [0.15, 0.2) is 0 Å². The van der Waals surface area contributed by atoms with Gasteiger partial charge in [0.1, 0.15) is 5.75 Å². The van der Waals surface area contributed by atoms with Crippen LogP contribution in [0.2, 0.25) is 5.02 Å². The van der Waals surface area contributed by atoms with Crippen molar-refractivity contribution >= 4 is 28.4 Å². The van der Waals surface area contributed by atoms with E-state index in [2.05, 4.69) is 15.8 Å². The molecule has 1 aromatic carbocycles. The highest BCUT2D eigenvalue weighted by molar-refractivity contribution is 6.37. The summed E-state index contributed by atoms with van der Waals surface area (Å²) in [4.78, 5) is 18.4. The minimum atomic E-state index is -4.84. The van der Waals surface area contributed by atoms with E-state index in [4.69, 9.17) is 11.6 Å². The number of hydrogen-bond donors (Lipinski definition) is 1. The Hall–Kier alpha value is -2.40. The fourth-order valence-electron chi connectivity index (χ4n) is 6.43. The molecule has 6 rings (SSSR count). The Morgan fingerprint density at radius 1 is 1.34 bits per heavy atom. The molecule has 3 atom stereocenters. The first-order chi connectivity index (χ1) is 15.1. The van der Waals surface area contributed by atoms with Crippen molar-refractivity contribution in [3.63, 3.8) is 0 Å². The molecule has 9 heteroatoms. The number of halogens is 4. The van der Waals surface area contributed by atoms with E-state index >= 15 is 0 Å². The van der Waals surface area contributed by atoms with Crippen LogP contribution in [0, 0.1) is 22.7 Å². The molecule has 1 amide bonds. The van der Waals surface area contributed by atoms with E-state index < -0.39 is 12.1 Å². The number of nitriles is 1. The number of alkyl halides is 3. The summed E-state index contributed by atoms with van der Waals surface area (Å²) >= 11 is 6.28. The van der Waals surface area contributed by atoms with Crippen molar-refractivity contribution in [3.8, 4) is 11.8 Å². The number of carbonyl (C=O) groups excluding carboxylic acids is 1. The molecule has 2 aliphatic carbocycles. The molecule has 2 aromatic rings. The maximum absolute atomic E-state index is 13.3. The number of aromatic nitrogens is 1. The van der Waals surface area contributed by atoms with Gasteiger partial charge in [-0.15, -0.1) is 13.2 Å². The lowest BCUT2D eigenvalue weighted by Crippen LogP contribution is -2.63. The molecular formula is C23H23ClF3N3O2. The van der Waals surface area contributed by atoms with Crippen molar-refractivity contribution in [3.05, 3.63) is 28.9 Å². The quantitative estimate of drug-likeness (QED) is 0.611. The lowest BCUT2D eigenvalue weighted by Gasteiger charge is -2.59. The van der Waals surface area contributed by atoms with Gasteiger partial charge in [-0.25, -0.2) is 0 Å². The zero-order valence-electron chi connectivity index (χ0n) is 17.5. The number of benzene rings is 1. The molecule has 2 saturated heterocycles. The van der Waals surface area contributed by atoms with Crippen LogP contribution >= 0.6 is 11.6 Å². The van der Waals surface area contributed by atoms with Crippen molar-refractivity contribution in [1.29, 1.82) is 5.26 Å². The predicted octanol–water partition coefficient (Wildman–Crippen LogP) is 5.90. The number of fused-ring (bicyclic) bond motifs is 1. The van der Waals surface area contributed by atoms with Gasteiger partial charge < -0.3 is 14.6 Å².